The van der Waals surface area contributed by atoms with E-state index in [1.807, 2.05) is 4.90 Å². The van der Waals surface area contributed by atoms with Gasteiger partial charge < -0.3 is 10.1 Å². The molecule has 0 bridgehead atoms. The number of nitrogens with zero attached hydrogens (tertiary/aromatic N) is 1. The number of hydrogen-bond acceptors (Lipinski definition) is 6. The van der Waals surface area contributed by atoms with E-state index in [-0.39, 0.29) is 35.8 Å². The van der Waals surface area contributed by atoms with Crippen molar-refractivity contribution in [1.82, 2.24) is 10.2 Å². The zero-order chi connectivity index (χ0) is 21.2. The van der Waals surface area contributed by atoms with Crippen LogP contribution in [-0.2, 0) is 14.3 Å². The average molecular weight is 423 g/mol. The first kappa shape index (κ1) is 21.8. The lowest BCUT2D eigenvalue weighted by Crippen LogP contribution is -2.50. The molecule has 1 heterocycles. The maximum absolute atomic E-state index is 13.2. The molecule has 1 N–H and O–H groups in total. The molecule has 0 radical (unpaired) electrons. The van der Waals surface area contributed by atoms with Crippen LogP contribution in [0.15, 0.2) is 24.3 Å². The second-order valence-corrected chi connectivity index (χ2v) is 9.55. The lowest BCUT2D eigenvalue weighted by molar-refractivity contribution is -0.134. The highest BCUT2D eigenvalue weighted by molar-refractivity contribution is 7.99. The van der Waals surface area contributed by atoms with Crippen molar-refractivity contribution in [2.24, 2.45) is 5.92 Å². The second-order valence-electron chi connectivity index (χ2n) is 8.48. The van der Waals surface area contributed by atoms with Gasteiger partial charge >= 0.3 is 6.09 Å². The molecule has 1 saturated heterocycles. The van der Waals surface area contributed by atoms with E-state index in [0.29, 0.717) is 18.8 Å². The predicted octanol–water partition coefficient (Wildman–Crippen LogP) is 2.97. The SMILES string of the molecule is CC(C)(C)OC(=O)NCC(=O)C(C(=O)C1CC1c1ccc(F)cc1)N1CCSC1. The normalized spacial score (nSPS) is 22.8. The third kappa shape index (κ3) is 5.79. The summed E-state index contributed by atoms with van der Waals surface area (Å²) in [4.78, 5) is 39.8. The number of amides is 1. The van der Waals surface area contributed by atoms with Crippen molar-refractivity contribution in [3.8, 4) is 0 Å². The fraction of sp³-hybridized carbons (Fsp3) is 0.571. The molecule has 6 nitrogen and oxygen atoms in total. The van der Waals surface area contributed by atoms with Crippen molar-refractivity contribution >= 4 is 29.4 Å². The van der Waals surface area contributed by atoms with Gasteiger partial charge in [0.05, 0.1) is 6.54 Å². The highest BCUT2D eigenvalue weighted by Crippen LogP contribution is 2.49. The molecule has 1 aromatic rings. The van der Waals surface area contributed by atoms with E-state index in [1.54, 1.807) is 44.7 Å². The number of hydrogen-bond donors (Lipinski definition) is 1. The van der Waals surface area contributed by atoms with Crippen molar-refractivity contribution in [1.29, 1.82) is 0 Å². The summed E-state index contributed by atoms with van der Waals surface area (Å²) < 4.78 is 18.3. The van der Waals surface area contributed by atoms with Gasteiger partial charge in [0, 0.05) is 24.1 Å². The molecule has 3 rings (SSSR count). The Morgan fingerprint density at radius 1 is 1.28 bits per heavy atom. The minimum absolute atomic E-state index is 0.0208. The fourth-order valence-corrected chi connectivity index (χ4v) is 4.54. The number of ether oxygens (including phenoxy) is 1. The van der Waals surface area contributed by atoms with Gasteiger partial charge in [-0.15, -0.1) is 11.8 Å². The number of rotatable bonds is 7. The summed E-state index contributed by atoms with van der Waals surface area (Å²) in [6, 6.07) is 5.30. The van der Waals surface area contributed by atoms with Crippen LogP contribution in [0.3, 0.4) is 0 Å². The number of halogens is 1. The molecule has 1 aliphatic heterocycles. The Balaban J connectivity index is 1.64. The molecule has 8 heteroatoms. The number of Topliss-reactive ketones (excluding diaryl/α,β-unsaturated/α-hetero) is 2. The summed E-state index contributed by atoms with van der Waals surface area (Å²) in [6.45, 7) is 5.63. The first-order chi connectivity index (χ1) is 13.7. The molecule has 3 unspecified atom stereocenters. The fourth-order valence-electron chi connectivity index (χ4n) is 3.53. The predicted molar refractivity (Wildman–Crippen MR) is 109 cm³/mol. The molecule has 2 aliphatic rings. The van der Waals surface area contributed by atoms with E-state index in [1.165, 1.54) is 12.1 Å². The van der Waals surface area contributed by atoms with Crippen LogP contribution >= 0.6 is 11.8 Å². The van der Waals surface area contributed by atoms with Crippen LogP contribution < -0.4 is 5.32 Å². The molecule has 1 aliphatic carbocycles. The molecule has 3 atom stereocenters. The molecule has 1 amide bonds. The minimum Gasteiger partial charge on any atom is -0.444 e. The first-order valence-electron chi connectivity index (χ1n) is 9.76. The summed E-state index contributed by atoms with van der Waals surface area (Å²) in [6.07, 6.45) is -0.0159. The van der Waals surface area contributed by atoms with E-state index < -0.39 is 17.7 Å². The summed E-state index contributed by atoms with van der Waals surface area (Å²) in [5.74, 6) is 0.498. The van der Waals surface area contributed by atoms with Gasteiger partial charge in [-0.1, -0.05) is 12.1 Å². The lowest BCUT2D eigenvalue weighted by Gasteiger charge is -2.25. The van der Waals surface area contributed by atoms with Crippen molar-refractivity contribution in [3.63, 3.8) is 0 Å². The number of benzene rings is 1. The van der Waals surface area contributed by atoms with Gasteiger partial charge in [0.1, 0.15) is 17.5 Å². The van der Waals surface area contributed by atoms with Gasteiger partial charge in [0.25, 0.3) is 0 Å². The minimum atomic E-state index is -0.865. The summed E-state index contributed by atoms with van der Waals surface area (Å²) in [7, 11) is 0. The van der Waals surface area contributed by atoms with Crippen molar-refractivity contribution in [2.45, 2.75) is 44.8 Å². The Morgan fingerprint density at radius 3 is 2.55 bits per heavy atom. The third-order valence-corrected chi connectivity index (χ3v) is 5.96. The third-order valence-electron chi connectivity index (χ3n) is 4.98. The topological polar surface area (TPSA) is 75.7 Å². The highest BCUT2D eigenvalue weighted by atomic mass is 32.2. The smallest absolute Gasteiger partial charge is 0.408 e. The van der Waals surface area contributed by atoms with Gasteiger partial charge in [-0.05, 0) is 50.8 Å². The Hall–Kier alpha value is -1.93. The largest absolute Gasteiger partial charge is 0.444 e. The first-order valence-corrected chi connectivity index (χ1v) is 10.9. The van der Waals surface area contributed by atoms with E-state index >= 15 is 0 Å². The monoisotopic (exact) mass is 422 g/mol. The van der Waals surface area contributed by atoms with Gasteiger partial charge in [-0.3, -0.25) is 14.5 Å². The number of alkyl carbamates (subject to hydrolysis) is 1. The number of ketones is 2. The number of nitrogens with one attached hydrogen (secondary N) is 1. The van der Waals surface area contributed by atoms with Gasteiger partial charge in [0.15, 0.2) is 11.6 Å². The number of carbonyl (C=O) groups is 3. The quantitative estimate of drug-likeness (QED) is 0.681. The van der Waals surface area contributed by atoms with E-state index in [4.69, 9.17) is 4.74 Å². The van der Waals surface area contributed by atoms with Gasteiger partial charge in [-0.25, -0.2) is 9.18 Å². The summed E-state index contributed by atoms with van der Waals surface area (Å²) in [5.41, 5.74) is 0.253. The van der Waals surface area contributed by atoms with Crippen molar-refractivity contribution in [3.05, 3.63) is 35.6 Å². The van der Waals surface area contributed by atoms with Crippen LogP contribution in [0.1, 0.15) is 38.7 Å². The summed E-state index contributed by atoms with van der Waals surface area (Å²) >= 11 is 1.68. The molecular formula is C21H27FN2O4S. The van der Waals surface area contributed by atoms with Crippen LogP contribution in [-0.4, -0.2) is 58.9 Å². The standard InChI is InChI=1S/C21H27FN2O4S/c1-21(2,3)28-20(27)23-11-17(25)18(24-8-9-29-12-24)19(26)16-10-15(16)13-4-6-14(22)7-5-13/h4-7,15-16,18H,8-12H2,1-3H3,(H,23,27). The van der Waals surface area contributed by atoms with Gasteiger partial charge in [0.2, 0.25) is 0 Å². The maximum Gasteiger partial charge on any atom is 0.408 e. The Kier molecular flexibility index (Phi) is 6.63. The Morgan fingerprint density at radius 2 is 1.97 bits per heavy atom. The van der Waals surface area contributed by atoms with Crippen molar-refractivity contribution < 1.29 is 23.5 Å². The summed E-state index contributed by atoms with van der Waals surface area (Å²) in [5, 5.41) is 2.47. The second kappa shape index (κ2) is 8.83. The molecule has 29 heavy (non-hydrogen) atoms. The average Bonchev–Trinajstić information content (AvgIpc) is 3.26. The zero-order valence-corrected chi connectivity index (χ0v) is 17.8. The van der Waals surface area contributed by atoms with Crippen LogP contribution in [0.4, 0.5) is 9.18 Å². The Labute approximate surface area is 174 Å². The highest BCUT2D eigenvalue weighted by Gasteiger charge is 2.49. The molecule has 0 spiro atoms. The van der Waals surface area contributed by atoms with Crippen LogP contribution in [0, 0.1) is 11.7 Å². The molecule has 158 valence electrons. The van der Waals surface area contributed by atoms with Crippen LogP contribution in [0.2, 0.25) is 0 Å². The molecule has 1 saturated carbocycles. The van der Waals surface area contributed by atoms with E-state index in [9.17, 15) is 18.8 Å². The maximum atomic E-state index is 13.2. The zero-order valence-electron chi connectivity index (χ0n) is 16.9. The van der Waals surface area contributed by atoms with Gasteiger partial charge in [-0.2, -0.15) is 0 Å². The molecule has 1 aromatic carbocycles. The Bertz CT molecular complexity index is 772. The number of thioether (sulfide) groups is 1. The lowest BCUT2D eigenvalue weighted by atomic mass is 9.99. The van der Waals surface area contributed by atoms with Crippen molar-refractivity contribution in [2.75, 3.05) is 24.7 Å². The van der Waals surface area contributed by atoms with Crippen LogP contribution in [0.25, 0.3) is 0 Å². The van der Waals surface area contributed by atoms with Crippen LogP contribution in [0.5, 0.6) is 0 Å². The number of carbonyl (C=O) groups excluding carboxylic acids is 3. The molecule has 2 fully saturated rings. The van der Waals surface area contributed by atoms with E-state index in [0.717, 1.165) is 11.3 Å². The molecular weight excluding hydrogens is 395 g/mol. The molecule has 0 aromatic heterocycles. The van der Waals surface area contributed by atoms with E-state index in [2.05, 4.69) is 5.32 Å².